The van der Waals surface area contributed by atoms with Crippen LogP contribution in [0.15, 0.2) is 24.3 Å². The second kappa shape index (κ2) is 4.81. The molecule has 2 aliphatic rings. The van der Waals surface area contributed by atoms with Gasteiger partial charge in [-0.25, -0.2) is 4.39 Å². The zero-order chi connectivity index (χ0) is 15.2. The highest BCUT2D eigenvalue weighted by Crippen LogP contribution is 2.48. The summed E-state index contributed by atoms with van der Waals surface area (Å²) >= 11 is 0. The summed E-state index contributed by atoms with van der Waals surface area (Å²) in [6, 6.07) is 7.69. The second-order valence-electron chi connectivity index (χ2n) is 6.25. The van der Waals surface area contributed by atoms with Crippen molar-refractivity contribution in [3.63, 3.8) is 0 Å². The van der Waals surface area contributed by atoms with Crippen LogP contribution in [0, 0.1) is 22.6 Å². The van der Waals surface area contributed by atoms with Crippen LogP contribution < -0.4 is 5.73 Å². The highest BCUT2D eigenvalue weighted by Gasteiger charge is 2.53. The lowest BCUT2D eigenvalue weighted by Gasteiger charge is -2.45. The van der Waals surface area contributed by atoms with E-state index in [1.54, 1.807) is 11.0 Å². The Labute approximate surface area is 123 Å². The van der Waals surface area contributed by atoms with Gasteiger partial charge in [0.05, 0.1) is 29.6 Å². The van der Waals surface area contributed by atoms with Crippen LogP contribution in [0.25, 0.3) is 0 Å². The number of rotatable bonds is 1. The van der Waals surface area contributed by atoms with Crippen molar-refractivity contribution >= 4 is 5.91 Å². The highest BCUT2D eigenvalue weighted by atomic mass is 19.1. The smallest absolute Gasteiger partial charge is 0.240 e. The normalized spacial score (nSPS) is 35.4. The first-order valence-electron chi connectivity index (χ1n) is 7.21. The molecule has 1 unspecified atom stereocenters. The maximum Gasteiger partial charge on any atom is 0.240 e. The monoisotopic (exact) mass is 287 g/mol. The molecule has 0 spiro atoms. The number of nitrogens with two attached hydrogens (primary N) is 1. The van der Waals surface area contributed by atoms with E-state index in [9.17, 15) is 14.4 Å². The molecule has 3 rings (SSSR count). The summed E-state index contributed by atoms with van der Waals surface area (Å²) in [5.41, 5.74) is 6.09. The molecular weight excluding hydrogens is 269 g/mol. The summed E-state index contributed by atoms with van der Waals surface area (Å²) in [5, 5.41) is 9.50. The number of carbonyl (C=O) groups excluding carboxylic acids is 1. The van der Waals surface area contributed by atoms with Crippen molar-refractivity contribution in [2.24, 2.45) is 11.1 Å². The third-order valence-electron chi connectivity index (χ3n) is 4.83. The van der Waals surface area contributed by atoms with Crippen LogP contribution >= 0.6 is 0 Å². The summed E-state index contributed by atoms with van der Waals surface area (Å²) in [5.74, 6) is -0.438. The molecule has 2 heterocycles. The van der Waals surface area contributed by atoms with E-state index < -0.39 is 11.5 Å². The molecule has 21 heavy (non-hydrogen) atoms. The molecule has 110 valence electrons. The number of nitriles is 1. The first-order valence-corrected chi connectivity index (χ1v) is 7.21. The molecule has 0 bridgehead atoms. The van der Waals surface area contributed by atoms with E-state index in [2.05, 4.69) is 6.07 Å². The molecule has 2 saturated heterocycles. The third kappa shape index (κ3) is 2.11. The first kappa shape index (κ1) is 14.0. The van der Waals surface area contributed by atoms with E-state index in [4.69, 9.17) is 5.73 Å². The predicted molar refractivity (Wildman–Crippen MR) is 75.3 cm³/mol. The van der Waals surface area contributed by atoms with E-state index >= 15 is 0 Å². The Bertz CT molecular complexity index is 626. The van der Waals surface area contributed by atoms with Gasteiger partial charge in [0.2, 0.25) is 5.91 Å². The summed E-state index contributed by atoms with van der Waals surface area (Å²) < 4.78 is 13.5. The standard InChI is InChI=1S/C16H18FN3O/c1-16(9-18)8-12(19)15(21)20-13(5-6-14(16)20)10-3-2-4-11(17)7-10/h2-4,7,12-14H,5-6,8,19H2,1H3/t12-,13+,14-,16?/m1/s1. The van der Waals surface area contributed by atoms with Crippen LogP contribution in [-0.2, 0) is 4.79 Å². The average molecular weight is 287 g/mol. The minimum atomic E-state index is -0.653. The number of carbonyl (C=O) groups is 1. The molecule has 5 heteroatoms. The molecule has 0 saturated carbocycles. The van der Waals surface area contributed by atoms with E-state index in [0.717, 1.165) is 18.4 Å². The van der Waals surface area contributed by atoms with Gasteiger partial charge < -0.3 is 10.6 Å². The number of halogens is 1. The lowest BCUT2D eigenvalue weighted by Crippen LogP contribution is -2.58. The maximum absolute atomic E-state index is 13.5. The van der Waals surface area contributed by atoms with Crippen LogP contribution in [0.4, 0.5) is 4.39 Å². The Hall–Kier alpha value is -1.93. The Morgan fingerprint density at radius 1 is 1.48 bits per heavy atom. The molecule has 0 aliphatic carbocycles. The summed E-state index contributed by atoms with van der Waals surface area (Å²) in [6.07, 6.45) is 1.88. The van der Waals surface area contributed by atoms with Gasteiger partial charge in [0, 0.05) is 0 Å². The highest BCUT2D eigenvalue weighted by molar-refractivity contribution is 5.84. The summed E-state index contributed by atoms with van der Waals surface area (Å²) in [7, 11) is 0. The van der Waals surface area contributed by atoms with E-state index in [1.165, 1.54) is 12.1 Å². The van der Waals surface area contributed by atoms with Gasteiger partial charge in [-0.15, -0.1) is 0 Å². The fraction of sp³-hybridized carbons (Fsp3) is 0.500. The number of nitrogens with zero attached hydrogens (tertiary/aromatic N) is 2. The van der Waals surface area contributed by atoms with Gasteiger partial charge in [0.1, 0.15) is 5.82 Å². The van der Waals surface area contributed by atoms with Crippen molar-refractivity contribution in [1.82, 2.24) is 4.90 Å². The van der Waals surface area contributed by atoms with Crippen LogP contribution in [0.1, 0.15) is 37.8 Å². The predicted octanol–water partition coefficient (Wildman–Crippen LogP) is 2.12. The minimum absolute atomic E-state index is 0.125. The van der Waals surface area contributed by atoms with E-state index in [0.29, 0.717) is 6.42 Å². The average Bonchev–Trinajstić information content (AvgIpc) is 2.91. The number of piperidine rings is 1. The van der Waals surface area contributed by atoms with Gasteiger partial charge in [-0.05, 0) is 43.9 Å². The maximum atomic E-state index is 13.5. The Balaban J connectivity index is 2.00. The summed E-state index contributed by atoms with van der Waals surface area (Å²) in [6.45, 7) is 1.87. The van der Waals surface area contributed by atoms with Crippen molar-refractivity contribution < 1.29 is 9.18 Å². The Morgan fingerprint density at radius 3 is 2.90 bits per heavy atom. The number of hydrogen-bond donors (Lipinski definition) is 1. The zero-order valence-electron chi connectivity index (χ0n) is 11.9. The van der Waals surface area contributed by atoms with Gasteiger partial charge >= 0.3 is 0 Å². The fourth-order valence-corrected chi connectivity index (χ4v) is 3.78. The lowest BCUT2D eigenvalue weighted by molar-refractivity contribution is -0.142. The van der Waals surface area contributed by atoms with Gasteiger partial charge in [-0.1, -0.05) is 12.1 Å². The molecule has 1 aromatic carbocycles. The number of benzene rings is 1. The van der Waals surface area contributed by atoms with Crippen LogP contribution in [-0.4, -0.2) is 22.9 Å². The lowest BCUT2D eigenvalue weighted by atomic mass is 9.74. The molecule has 2 N–H and O–H groups in total. The molecule has 2 aliphatic heterocycles. The van der Waals surface area contributed by atoms with Crippen molar-refractivity contribution in [3.05, 3.63) is 35.6 Å². The molecule has 2 fully saturated rings. The molecule has 4 nitrogen and oxygen atoms in total. The van der Waals surface area contributed by atoms with Crippen LogP contribution in [0.5, 0.6) is 0 Å². The van der Waals surface area contributed by atoms with Gasteiger partial charge in [-0.2, -0.15) is 5.26 Å². The molecule has 0 aromatic heterocycles. The summed E-state index contributed by atoms with van der Waals surface area (Å²) in [4.78, 5) is 14.2. The number of amides is 1. The minimum Gasteiger partial charge on any atom is -0.330 e. The van der Waals surface area contributed by atoms with Gasteiger partial charge in [0.15, 0.2) is 0 Å². The molecular formula is C16H18FN3O. The van der Waals surface area contributed by atoms with Crippen LogP contribution in [0.3, 0.4) is 0 Å². The van der Waals surface area contributed by atoms with Crippen LogP contribution in [0.2, 0.25) is 0 Å². The van der Waals surface area contributed by atoms with E-state index in [-0.39, 0.29) is 23.8 Å². The van der Waals surface area contributed by atoms with E-state index in [1.807, 2.05) is 13.0 Å². The SMILES string of the molecule is CC1(C#N)C[C@@H](N)C(=O)N2[C@H](c3cccc(F)c3)CC[C@@H]21. The van der Waals surface area contributed by atoms with Gasteiger partial charge in [-0.3, -0.25) is 4.79 Å². The Morgan fingerprint density at radius 2 is 2.24 bits per heavy atom. The fourth-order valence-electron chi connectivity index (χ4n) is 3.78. The third-order valence-corrected chi connectivity index (χ3v) is 4.83. The van der Waals surface area contributed by atoms with Crippen molar-refractivity contribution in [1.29, 1.82) is 5.26 Å². The quantitative estimate of drug-likeness (QED) is 0.860. The van der Waals surface area contributed by atoms with Crippen molar-refractivity contribution in [2.45, 2.75) is 44.3 Å². The molecule has 0 radical (unpaired) electrons. The zero-order valence-corrected chi connectivity index (χ0v) is 11.9. The largest absolute Gasteiger partial charge is 0.330 e. The number of fused-ring (bicyclic) bond motifs is 1. The van der Waals surface area contributed by atoms with Crippen molar-refractivity contribution in [2.75, 3.05) is 0 Å². The second-order valence-corrected chi connectivity index (χ2v) is 6.25. The molecule has 1 aromatic rings. The van der Waals surface area contributed by atoms with Crippen molar-refractivity contribution in [3.8, 4) is 6.07 Å². The topological polar surface area (TPSA) is 70.1 Å². The Kier molecular flexibility index (Phi) is 3.22. The molecule has 4 atom stereocenters. The van der Waals surface area contributed by atoms with Gasteiger partial charge in [0.25, 0.3) is 0 Å². The molecule has 1 amide bonds. The number of hydrogen-bond acceptors (Lipinski definition) is 3. The first-order chi connectivity index (χ1) is 9.96.